The van der Waals surface area contributed by atoms with Crippen molar-refractivity contribution in [1.82, 2.24) is 0 Å². The Labute approximate surface area is 73.7 Å². The lowest BCUT2D eigenvalue weighted by atomic mass is 10.2. The number of hydrogen-bond acceptors (Lipinski definition) is 1. The van der Waals surface area contributed by atoms with Crippen LogP contribution in [0.3, 0.4) is 0 Å². The van der Waals surface area contributed by atoms with Gasteiger partial charge in [-0.2, -0.15) is 0 Å². The molecular weight excluding hydrogens is 148 g/mol. The Bertz CT molecular complexity index is 226. The highest BCUT2D eigenvalue weighted by atomic mass is 16.5. The number of hydrogen-bond donors (Lipinski definition) is 0. The van der Waals surface area contributed by atoms with Gasteiger partial charge in [0, 0.05) is 0 Å². The van der Waals surface area contributed by atoms with E-state index in [-0.39, 0.29) is 0 Å². The van der Waals surface area contributed by atoms with E-state index >= 15 is 0 Å². The lowest BCUT2D eigenvalue weighted by Crippen LogP contribution is -1.84. The second kappa shape index (κ2) is 5.42. The van der Waals surface area contributed by atoms with Gasteiger partial charge in [0.1, 0.15) is 6.61 Å². The van der Waals surface area contributed by atoms with Crippen LogP contribution in [0.5, 0.6) is 0 Å². The minimum Gasteiger partial charge on any atom is -0.497 e. The Kier molecular flexibility index (Phi) is 4.00. The highest BCUT2D eigenvalue weighted by Crippen LogP contribution is 2.00. The SMILES string of the molecule is CCC=COCc1ccccc1. The summed E-state index contributed by atoms with van der Waals surface area (Å²) in [4.78, 5) is 0. The average molecular weight is 162 g/mol. The molecule has 0 fully saturated rings. The summed E-state index contributed by atoms with van der Waals surface area (Å²) >= 11 is 0. The summed E-state index contributed by atoms with van der Waals surface area (Å²) in [5.74, 6) is 0. The minimum absolute atomic E-state index is 0.664. The second-order valence-corrected chi connectivity index (χ2v) is 2.58. The second-order valence-electron chi connectivity index (χ2n) is 2.58. The maximum Gasteiger partial charge on any atom is 0.112 e. The van der Waals surface area contributed by atoms with E-state index in [2.05, 4.69) is 19.1 Å². The molecule has 0 amide bonds. The van der Waals surface area contributed by atoms with E-state index in [4.69, 9.17) is 4.74 Å². The third kappa shape index (κ3) is 3.24. The molecule has 1 nitrogen and oxygen atoms in total. The van der Waals surface area contributed by atoms with Crippen LogP contribution in [0.25, 0.3) is 0 Å². The van der Waals surface area contributed by atoms with Gasteiger partial charge in [-0.3, -0.25) is 0 Å². The highest BCUT2D eigenvalue weighted by Gasteiger charge is 1.86. The summed E-state index contributed by atoms with van der Waals surface area (Å²) in [7, 11) is 0. The fourth-order valence-electron chi connectivity index (χ4n) is 0.883. The van der Waals surface area contributed by atoms with Gasteiger partial charge in [-0.05, 0) is 12.0 Å². The molecule has 1 aromatic carbocycles. The number of benzene rings is 1. The van der Waals surface area contributed by atoms with Crippen molar-refractivity contribution in [3.05, 3.63) is 48.2 Å². The Morgan fingerprint density at radius 2 is 2.00 bits per heavy atom. The van der Waals surface area contributed by atoms with Crippen molar-refractivity contribution in [2.24, 2.45) is 0 Å². The molecule has 0 atom stereocenters. The van der Waals surface area contributed by atoms with Gasteiger partial charge < -0.3 is 4.74 Å². The van der Waals surface area contributed by atoms with Gasteiger partial charge in [-0.25, -0.2) is 0 Å². The molecule has 0 aliphatic carbocycles. The third-order valence-corrected chi connectivity index (χ3v) is 1.52. The summed E-state index contributed by atoms with van der Waals surface area (Å²) in [6, 6.07) is 10.1. The predicted molar refractivity (Wildman–Crippen MR) is 50.7 cm³/mol. The van der Waals surface area contributed by atoms with Gasteiger partial charge >= 0.3 is 0 Å². The number of rotatable bonds is 4. The first-order chi connectivity index (χ1) is 5.93. The zero-order chi connectivity index (χ0) is 8.65. The van der Waals surface area contributed by atoms with Crippen LogP contribution < -0.4 is 0 Å². The van der Waals surface area contributed by atoms with Gasteiger partial charge in [-0.15, -0.1) is 0 Å². The van der Waals surface area contributed by atoms with Crippen LogP contribution in [0.4, 0.5) is 0 Å². The molecule has 0 aliphatic heterocycles. The molecule has 0 bridgehead atoms. The molecule has 0 aromatic heterocycles. The van der Waals surface area contributed by atoms with Crippen LogP contribution in [0.2, 0.25) is 0 Å². The lowest BCUT2D eigenvalue weighted by Gasteiger charge is -1.99. The Hall–Kier alpha value is -1.24. The van der Waals surface area contributed by atoms with Crippen molar-refractivity contribution in [3.8, 4) is 0 Å². The molecule has 0 radical (unpaired) electrons. The molecule has 0 aliphatic rings. The van der Waals surface area contributed by atoms with Crippen LogP contribution in [0.1, 0.15) is 18.9 Å². The Morgan fingerprint density at radius 1 is 1.25 bits per heavy atom. The summed E-state index contributed by atoms with van der Waals surface area (Å²) in [5.41, 5.74) is 1.21. The molecule has 0 heterocycles. The van der Waals surface area contributed by atoms with Crippen molar-refractivity contribution in [2.75, 3.05) is 0 Å². The number of allylic oxidation sites excluding steroid dienone is 1. The summed E-state index contributed by atoms with van der Waals surface area (Å²) in [6.45, 7) is 2.75. The Morgan fingerprint density at radius 3 is 2.67 bits per heavy atom. The fourth-order valence-corrected chi connectivity index (χ4v) is 0.883. The molecule has 1 heteroatoms. The largest absolute Gasteiger partial charge is 0.497 e. The molecule has 1 aromatic rings. The molecular formula is C11H14O. The van der Waals surface area contributed by atoms with E-state index in [1.54, 1.807) is 6.26 Å². The van der Waals surface area contributed by atoms with Crippen LogP contribution >= 0.6 is 0 Å². The van der Waals surface area contributed by atoms with Crippen LogP contribution in [0.15, 0.2) is 42.7 Å². The third-order valence-electron chi connectivity index (χ3n) is 1.52. The van der Waals surface area contributed by atoms with Crippen molar-refractivity contribution in [3.63, 3.8) is 0 Å². The van der Waals surface area contributed by atoms with Crippen molar-refractivity contribution in [2.45, 2.75) is 20.0 Å². The molecule has 64 valence electrons. The number of ether oxygens (including phenoxy) is 1. The van der Waals surface area contributed by atoms with E-state index in [1.807, 2.05) is 24.3 Å². The van der Waals surface area contributed by atoms with Crippen LogP contribution in [0, 0.1) is 0 Å². The normalized spacial score (nSPS) is 10.4. The average Bonchev–Trinajstić information content (AvgIpc) is 2.14. The highest BCUT2D eigenvalue weighted by molar-refractivity contribution is 5.13. The molecule has 1 rings (SSSR count). The zero-order valence-electron chi connectivity index (χ0n) is 7.36. The summed E-state index contributed by atoms with van der Waals surface area (Å²) in [5, 5.41) is 0. The zero-order valence-corrected chi connectivity index (χ0v) is 7.36. The van der Waals surface area contributed by atoms with E-state index in [9.17, 15) is 0 Å². The van der Waals surface area contributed by atoms with E-state index in [0.717, 1.165) is 6.42 Å². The molecule has 12 heavy (non-hydrogen) atoms. The summed E-state index contributed by atoms with van der Waals surface area (Å²) in [6.07, 6.45) is 4.78. The van der Waals surface area contributed by atoms with E-state index in [0.29, 0.717) is 6.61 Å². The van der Waals surface area contributed by atoms with E-state index in [1.165, 1.54) is 5.56 Å². The first-order valence-electron chi connectivity index (χ1n) is 4.24. The molecule has 0 saturated heterocycles. The lowest BCUT2D eigenvalue weighted by molar-refractivity contribution is 0.235. The molecule has 0 spiro atoms. The minimum atomic E-state index is 0.664. The monoisotopic (exact) mass is 162 g/mol. The van der Waals surface area contributed by atoms with Crippen molar-refractivity contribution < 1.29 is 4.74 Å². The molecule has 0 saturated carbocycles. The first-order valence-corrected chi connectivity index (χ1v) is 4.24. The Balaban J connectivity index is 2.29. The topological polar surface area (TPSA) is 9.23 Å². The maximum absolute atomic E-state index is 5.28. The van der Waals surface area contributed by atoms with Gasteiger partial charge in [-0.1, -0.05) is 43.3 Å². The maximum atomic E-state index is 5.28. The quantitative estimate of drug-likeness (QED) is 0.618. The van der Waals surface area contributed by atoms with Crippen LogP contribution in [-0.2, 0) is 11.3 Å². The van der Waals surface area contributed by atoms with Gasteiger partial charge in [0.05, 0.1) is 6.26 Å². The molecule has 0 unspecified atom stereocenters. The first kappa shape index (κ1) is 8.85. The van der Waals surface area contributed by atoms with E-state index < -0.39 is 0 Å². The smallest absolute Gasteiger partial charge is 0.112 e. The van der Waals surface area contributed by atoms with Gasteiger partial charge in [0.25, 0.3) is 0 Å². The van der Waals surface area contributed by atoms with Gasteiger partial charge in [0.2, 0.25) is 0 Å². The van der Waals surface area contributed by atoms with Crippen molar-refractivity contribution >= 4 is 0 Å². The predicted octanol–water partition coefficient (Wildman–Crippen LogP) is 3.13. The van der Waals surface area contributed by atoms with Crippen LogP contribution in [-0.4, -0.2) is 0 Å². The fraction of sp³-hybridized carbons (Fsp3) is 0.273. The standard InChI is InChI=1S/C11H14O/c1-2-3-9-12-10-11-7-5-4-6-8-11/h3-9H,2,10H2,1H3. The van der Waals surface area contributed by atoms with Gasteiger partial charge in [0.15, 0.2) is 0 Å². The van der Waals surface area contributed by atoms with Crippen molar-refractivity contribution in [1.29, 1.82) is 0 Å². The molecule has 0 N–H and O–H groups in total. The summed E-state index contributed by atoms with van der Waals surface area (Å²) < 4.78 is 5.28.